The van der Waals surface area contributed by atoms with Crippen molar-refractivity contribution < 1.29 is 4.74 Å². The maximum absolute atomic E-state index is 5.53. The molecule has 2 aromatic carbocycles. The molecule has 0 atom stereocenters. The maximum atomic E-state index is 5.53. The minimum atomic E-state index is 0.705. The highest BCUT2D eigenvalue weighted by molar-refractivity contribution is 5.51. The molecular formula is C18H23NO. The first-order valence-electron chi connectivity index (χ1n) is 7.37. The Hall–Kier alpha value is -1.96. The number of para-hydroxylation sites is 1. The Morgan fingerprint density at radius 3 is 2.65 bits per heavy atom. The van der Waals surface area contributed by atoms with Crippen LogP contribution in [0.5, 0.6) is 5.75 Å². The van der Waals surface area contributed by atoms with Gasteiger partial charge in [-0.2, -0.15) is 0 Å². The van der Waals surface area contributed by atoms with E-state index < -0.39 is 0 Å². The lowest BCUT2D eigenvalue weighted by atomic mass is 10.1. The summed E-state index contributed by atoms with van der Waals surface area (Å²) in [5, 5.41) is 3.53. The number of ether oxygens (including phenoxy) is 1. The number of aryl methyl sites for hydroxylation is 1. The summed E-state index contributed by atoms with van der Waals surface area (Å²) in [5.41, 5.74) is 3.86. The SMILES string of the molecule is CCCc1ccccc1NCc1cccc(OCC)c1. The highest BCUT2D eigenvalue weighted by Gasteiger charge is 2.01. The second-order valence-electron chi connectivity index (χ2n) is 4.84. The van der Waals surface area contributed by atoms with E-state index >= 15 is 0 Å². The molecule has 20 heavy (non-hydrogen) atoms. The normalized spacial score (nSPS) is 10.3. The van der Waals surface area contributed by atoms with E-state index in [4.69, 9.17) is 4.74 Å². The molecule has 0 spiro atoms. The number of anilines is 1. The van der Waals surface area contributed by atoms with Crippen LogP contribution >= 0.6 is 0 Å². The van der Waals surface area contributed by atoms with E-state index in [-0.39, 0.29) is 0 Å². The molecule has 2 heteroatoms. The molecule has 106 valence electrons. The van der Waals surface area contributed by atoms with Crippen LogP contribution in [-0.4, -0.2) is 6.61 Å². The molecule has 0 aliphatic heterocycles. The molecular weight excluding hydrogens is 246 g/mol. The first kappa shape index (κ1) is 14.4. The van der Waals surface area contributed by atoms with Crippen molar-refractivity contribution in [1.82, 2.24) is 0 Å². The van der Waals surface area contributed by atoms with E-state index in [0.717, 1.165) is 18.7 Å². The van der Waals surface area contributed by atoms with Gasteiger partial charge in [0.15, 0.2) is 0 Å². The number of hydrogen-bond acceptors (Lipinski definition) is 2. The lowest BCUT2D eigenvalue weighted by Gasteiger charge is -2.12. The molecule has 0 aromatic heterocycles. The first-order valence-corrected chi connectivity index (χ1v) is 7.37. The molecule has 1 N–H and O–H groups in total. The molecule has 0 saturated carbocycles. The van der Waals surface area contributed by atoms with E-state index in [0.29, 0.717) is 6.61 Å². The van der Waals surface area contributed by atoms with Crippen LogP contribution in [0.2, 0.25) is 0 Å². The summed E-state index contributed by atoms with van der Waals surface area (Å²) in [6.07, 6.45) is 2.28. The summed E-state index contributed by atoms with van der Waals surface area (Å²) in [4.78, 5) is 0. The summed E-state index contributed by atoms with van der Waals surface area (Å²) in [5.74, 6) is 0.939. The molecule has 0 aliphatic rings. The van der Waals surface area contributed by atoms with Crippen molar-refractivity contribution in [2.24, 2.45) is 0 Å². The van der Waals surface area contributed by atoms with Gasteiger partial charge < -0.3 is 10.1 Å². The predicted molar refractivity (Wildman–Crippen MR) is 85.4 cm³/mol. The average Bonchev–Trinajstić information content (AvgIpc) is 2.47. The third kappa shape index (κ3) is 4.02. The Labute approximate surface area is 121 Å². The van der Waals surface area contributed by atoms with Gasteiger partial charge in [0, 0.05) is 12.2 Å². The Bertz CT molecular complexity index is 536. The Kier molecular flexibility index (Phi) is 5.48. The van der Waals surface area contributed by atoms with Gasteiger partial charge in [0.05, 0.1) is 6.61 Å². The van der Waals surface area contributed by atoms with Crippen LogP contribution in [0.25, 0.3) is 0 Å². The van der Waals surface area contributed by atoms with E-state index in [2.05, 4.69) is 48.6 Å². The molecule has 0 unspecified atom stereocenters. The van der Waals surface area contributed by atoms with Crippen LogP contribution < -0.4 is 10.1 Å². The lowest BCUT2D eigenvalue weighted by Crippen LogP contribution is -2.03. The van der Waals surface area contributed by atoms with Gasteiger partial charge in [-0.05, 0) is 42.7 Å². The van der Waals surface area contributed by atoms with E-state index in [1.165, 1.54) is 23.2 Å². The Balaban J connectivity index is 2.03. The fourth-order valence-electron chi connectivity index (χ4n) is 2.29. The fourth-order valence-corrected chi connectivity index (χ4v) is 2.29. The lowest BCUT2D eigenvalue weighted by molar-refractivity contribution is 0.340. The number of hydrogen-bond donors (Lipinski definition) is 1. The van der Waals surface area contributed by atoms with Crippen LogP contribution in [0.15, 0.2) is 48.5 Å². The standard InChI is InChI=1S/C18H23NO/c1-3-8-16-10-5-6-12-18(16)19-14-15-9-7-11-17(13-15)20-4-2/h5-7,9-13,19H,3-4,8,14H2,1-2H3. The molecule has 0 bridgehead atoms. The van der Waals surface area contributed by atoms with E-state index in [9.17, 15) is 0 Å². The van der Waals surface area contributed by atoms with Gasteiger partial charge in [-0.1, -0.05) is 43.7 Å². The smallest absolute Gasteiger partial charge is 0.119 e. The maximum Gasteiger partial charge on any atom is 0.119 e. The van der Waals surface area contributed by atoms with Gasteiger partial charge in [-0.15, -0.1) is 0 Å². The first-order chi connectivity index (χ1) is 9.83. The fraction of sp³-hybridized carbons (Fsp3) is 0.333. The number of benzene rings is 2. The summed E-state index contributed by atoms with van der Waals surface area (Å²) in [6.45, 7) is 5.74. The van der Waals surface area contributed by atoms with Crippen LogP contribution in [0.3, 0.4) is 0 Å². The minimum absolute atomic E-state index is 0.705. The summed E-state index contributed by atoms with van der Waals surface area (Å²) in [6, 6.07) is 16.8. The van der Waals surface area contributed by atoms with Crippen LogP contribution in [-0.2, 0) is 13.0 Å². The van der Waals surface area contributed by atoms with E-state index in [1.54, 1.807) is 0 Å². The topological polar surface area (TPSA) is 21.3 Å². The van der Waals surface area contributed by atoms with Crippen LogP contribution in [0, 0.1) is 0 Å². The van der Waals surface area contributed by atoms with Crippen molar-refractivity contribution in [1.29, 1.82) is 0 Å². The molecule has 0 heterocycles. The molecule has 0 fully saturated rings. The number of nitrogens with one attached hydrogen (secondary N) is 1. The second-order valence-corrected chi connectivity index (χ2v) is 4.84. The van der Waals surface area contributed by atoms with E-state index in [1.807, 2.05) is 19.1 Å². The van der Waals surface area contributed by atoms with Crippen molar-refractivity contribution in [3.8, 4) is 5.75 Å². The molecule has 0 radical (unpaired) electrons. The monoisotopic (exact) mass is 269 g/mol. The van der Waals surface area contributed by atoms with Gasteiger partial charge in [-0.25, -0.2) is 0 Å². The molecule has 2 rings (SSSR count). The molecule has 0 aliphatic carbocycles. The number of rotatable bonds is 7. The summed E-state index contributed by atoms with van der Waals surface area (Å²) < 4.78 is 5.53. The van der Waals surface area contributed by atoms with Gasteiger partial charge in [0.1, 0.15) is 5.75 Å². The largest absolute Gasteiger partial charge is 0.494 e. The third-order valence-corrected chi connectivity index (χ3v) is 3.23. The van der Waals surface area contributed by atoms with Gasteiger partial charge in [0.2, 0.25) is 0 Å². The van der Waals surface area contributed by atoms with Crippen molar-refractivity contribution >= 4 is 5.69 Å². The molecule has 2 aromatic rings. The Morgan fingerprint density at radius 2 is 1.85 bits per heavy atom. The zero-order valence-corrected chi connectivity index (χ0v) is 12.4. The van der Waals surface area contributed by atoms with Crippen LogP contribution in [0.4, 0.5) is 5.69 Å². The average molecular weight is 269 g/mol. The van der Waals surface area contributed by atoms with Crippen molar-refractivity contribution in [2.75, 3.05) is 11.9 Å². The highest BCUT2D eigenvalue weighted by atomic mass is 16.5. The molecule has 0 saturated heterocycles. The van der Waals surface area contributed by atoms with Crippen LogP contribution in [0.1, 0.15) is 31.4 Å². The minimum Gasteiger partial charge on any atom is -0.494 e. The van der Waals surface area contributed by atoms with Crippen molar-refractivity contribution in [2.45, 2.75) is 33.2 Å². The molecule has 0 amide bonds. The quantitative estimate of drug-likeness (QED) is 0.790. The summed E-state index contributed by atoms with van der Waals surface area (Å²) in [7, 11) is 0. The van der Waals surface area contributed by atoms with Gasteiger partial charge in [-0.3, -0.25) is 0 Å². The zero-order valence-electron chi connectivity index (χ0n) is 12.4. The molecule has 2 nitrogen and oxygen atoms in total. The zero-order chi connectivity index (χ0) is 14.2. The van der Waals surface area contributed by atoms with Crippen molar-refractivity contribution in [3.05, 3.63) is 59.7 Å². The second kappa shape index (κ2) is 7.59. The highest BCUT2D eigenvalue weighted by Crippen LogP contribution is 2.19. The predicted octanol–water partition coefficient (Wildman–Crippen LogP) is 4.65. The van der Waals surface area contributed by atoms with Crippen molar-refractivity contribution in [3.63, 3.8) is 0 Å². The summed E-state index contributed by atoms with van der Waals surface area (Å²) >= 11 is 0. The third-order valence-electron chi connectivity index (χ3n) is 3.23. The van der Waals surface area contributed by atoms with Gasteiger partial charge >= 0.3 is 0 Å². The Morgan fingerprint density at radius 1 is 1.00 bits per heavy atom. The van der Waals surface area contributed by atoms with Gasteiger partial charge in [0.25, 0.3) is 0 Å².